The van der Waals surface area contributed by atoms with Gasteiger partial charge in [-0.25, -0.2) is 4.98 Å². The number of amides is 1. The summed E-state index contributed by atoms with van der Waals surface area (Å²) in [7, 11) is 2.83. The Kier molecular flexibility index (Phi) is 6.29. The lowest BCUT2D eigenvalue weighted by molar-refractivity contribution is -0.116. The second-order valence-corrected chi connectivity index (χ2v) is 8.46. The van der Waals surface area contributed by atoms with Crippen molar-refractivity contribution in [1.29, 1.82) is 0 Å². The zero-order valence-corrected chi connectivity index (χ0v) is 18.8. The van der Waals surface area contributed by atoms with Crippen molar-refractivity contribution in [3.63, 3.8) is 0 Å². The molecule has 0 saturated carbocycles. The van der Waals surface area contributed by atoms with Crippen LogP contribution >= 0.6 is 23.4 Å². The van der Waals surface area contributed by atoms with Gasteiger partial charge in [-0.3, -0.25) is 9.59 Å². The van der Waals surface area contributed by atoms with E-state index in [0.29, 0.717) is 27.1 Å². The van der Waals surface area contributed by atoms with Gasteiger partial charge in [0, 0.05) is 23.1 Å². The molecule has 10 heteroatoms. The Morgan fingerprint density at radius 1 is 1.19 bits per heavy atom. The van der Waals surface area contributed by atoms with Gasteiger partial charge < -0.3 is 24.9 Å². The number of hydrogen-bond donors (Lipinski definition) is 3. The maximum atomic E-state index is 13.0. The van der Waals surface area contributed by atoms with Crippen LogP contribution in [0.15, 0.2) is 46.3 Å². The number of aromatic nitrogens is 2. The predicted octanol–water partition coefficient (Wildman–Crippen LogP) is 3.91. The van der Waals surface area contributed by atoms with Crippen LogP contribution in [0.1, 0.15) is 29.0 Å². The molecule has 0 bridgehead atoms. The molecule has 0 radical (unpaired) electrons. The number of phenolic OH excluding ortho intramolecular Hbond substituents is 1. The van der Waals surface area contributed by atoms with E-state index in [1.807, 2.05) is 18.2 Å². The predicted molar refractivity (Wildman–Crippen MR) is 122 cm³/mol. The number of hydrogen-bond acceptors (Lipinski definition) is 7. The zero-order valence-electron chi connectivity index (χ0n) is 17.3. The van der Waals surface area contributed by atoms with Crippen molar-refractivity contribution in [1.82, 2.24) is 9.97 Å². The first-order chi connectivity index (χ1) is 15.4. The van der Waals surface area contributed by atoms with Crippen LogP contribution in [0, 0.1) is 0 Å². The van der Waals surface area contributed by atoms with Gasteiger partial charge in [0.25, 0.3) is 5.56 Å². The molecule has 32 heavy (non-hydrogen) atoms. The minimum atomic E-state index is -0.582. The lowest BCUT2D eigenvalue weighted by atomic mass is 9.86. The van der Waals surface area contributed by atoms with Gasteiger partial charge in [0.2, 0.25) is 11.7 Å². The van der Waals surface area contributed by atoms with Gasteiger partial charge in [0.15, 0.2) is 16.7 Å². The number of ether oxygens (including phenoxy) is 2. The molecule has 0 spiro atoms. The van der Waals surface area contributed by atoms with Crippen molar-refractivity contribution in [2.75, 3.05) is 19.5 Å². The van der Waals surface area contributed by atoms with Gasteiger partial charge in [-0.1, -0.05) is 41.6 Å². The van der Waals surface area contributed by atoms with Gasteiger partial charge in [0.1, 0.15) is 5.82 Å². The van der Waals surface area contributed by atoms with Gasteiger partial charge in [0.05, 0.1) is 19.8 Å². The number of fused-ring (bicyclic) bond motifs is 1. The van der Waals surface area contributed by atoms with Crippen LogP contribution in [0.5, 0.6) is 17.2 Å². The molecule has 2 heterocycles. The van der Waals surface area contributed by atoms with Crippen LogP contribution in [-0.2, 0) is 10.5 Å². The number of H-pyrrole nitrogens is 1. The van der Waals surface area contributed by atoms with Gasteiger partial charge in [-0.15, -0.1) is 0 Å². The average molecular weight is 474 g/mol. The summed E-state index contributed by atoms with van der Waals surface area (Å²) in [6, 6.07) is 10.6. The molecule has 1 aliphatic rings. The number of halogens is 1. The van der Waals surface area contributed by atoms with E-state index in [4.69, 9.17) is 21.1 Å². The number of nitrogens with zero attached hydrogens (tertiary/aromatic N) is 1. The van der Waals surface area contributed by atoms with Gasteiger partial charge >= 0.3 is 0 Å². The number of methoxy groups -OCH3 is 2. The van der Waals surface area contributed by atoms with E-state index >= 15 is 0 Å². The Morgan fingerprint density at radius 2 is 1.88 bits per heavy atom. The number of rotatable bonds is 6. The van der Waals surface area contributed by atoms with E-state index in [2.05, 4.69) is 15.3 Å². The average Bonchev–Trinajstić information content (AvgIpc) is 2.78. The molecule has 0 saturated heterocycles. The summed E-state index contributed by atoms with van der Waals surface area (Å²) in [5.74, 6) is 0.0757. The summed E-state index contributed by atoms with van der Waals surface area (Å²) in [4.78, 5) is 32.7. The number of benzene rings is 2. The Bertz CT molecular complexity index is 1220. The zero-order chi connectivity index (χ0) is 22.8. The smallest absolute Gasteiger partial charge is 0.257 e. The highest BCUT2D eigenvalue weighted by atomic mass is 35.5. The monoisotopic (exact) mass is 473 g/mol. The third-order valence-corrected chi connectivity index (χ3v) is 6.45. The van der Waals surface area contributed by atoms with E-state index in [-0.39, 0.29) is 41.0 Å². The summed E-state index contributed by atoms with van der Waals surface area (Å²) < 4.78 is 10.4. The molecule has 8 nitrogen and oxygen atoms in total. The number of aromatic amines is 1. The first-order valence-corrected chi connectivity index (χ1v) is 11.0. The summed E-state index contributed by atoms with van der Waals surface area (Å²) in [5.41, 5.74) is 1.48. The molecule has 166 valence electrons. The molecule has 4 rings (SSSR count). The number of carbonyl (C=O) groups excluding carboxylic acids is 1. The maximum absolute atomic E-state index is 13.0. The van der Waals surface area contributed by atoms with Gasteiger partial charge in [-0.05, 0) is 29.3 Å². The Labute approximate surface area is 192 Å². The molecule has 1 atom stereocenters. The van der Waals surface area contributed by atoms with Crippen LogP contribution in [0.2, 0.25) is 5.02 Å². The van der Waals surface area contributed by atoms with Crippen molar-refractivity contribution in [2.45, 2.75) is 23.2 Å². The van der Waals surface area contributed by atoms with Gasteiger partial charge in [-0.2, -0.15) is 0 Å². The molecule has 1 aromatic heterocycles. The lowest BCUT2D eigenvalue weighted by Gasteiger charge is -2.25. The normalized spacial score (nSPS) is 15.1. The minimum Gasteiger partial charge on any atom is -0.502 e. The first kappa shape index (κ1) is 22.0. The number of phenols is 1. The SMILES string of the molecule is COc1cc([C@@H]2CC(=O)Nc3nc(SCc4ccccc4Cl)[nH]c(=O)c32)cc(OC)c1O. The summed E-state index contributed by atoms with van der Waals surface area (Å²) in [6.07, 6.45) is 0.0426. The van der Waals surface area contributed by atoms with Crippen molar-refractivity contribution in [3.8, 4) is 17.2 Å². The second kappa shape index (κ2) is 9.13. The highest BCUT2D eigenvalue weighted by molar-refractivity contribution is 7.98. The third-order valence-electron chi connectivity index (χ3n) is 5.16. The lowest BCUT2D eigenvalue weighted by Crippen LogP contribution is -2.31. The quantitative estimate of drug-likeness (QED) is 0.367. The number of anilines is 1. The van der Waals surface area contributed by atoms with Crippen LogP contribution in [0.3, 0.4) is 0 Å². The molecule has 1 aliphatic heterocycles. The Balaban J connectivity index is 1.71. The fourth-order valence-electron chi connectivity index (χ4n) is 3.58. The second-order valence-electron chi connectivity index (χ2n) is 7.09. The van der Waals surface area contributed by atoms with Crippen LogP contribution < -0.4 is 20.3 Å². The molecule has 3 aromatic rings. The summed E-state index contributed by atoms with van der Waals surface area (Å²) in [5, 5.41) is 13.9. The topological polar surface area (TPSA) is 114 Å². The molecular formula is C22H20ClN3O5S. The molecule has 2 aromatic carbocycles. The van der Waals surface area contributed by atoms with Crippen LogP contribution in [0.4, 0.5) is 5.82 Å². The van der Waals surface area contributed by atoms with E-state index in [1.54, 1.807) is 18.2 Å². The Morgan fingerprint density at radius 3 is 2.53 bits per heavy atom. The number of carbonyl (C=O) groups is 1. The standard InChI is InChI=1S/C22H20ClN3O5S/c1-30-15-7-12(8-16(31-2)19(15)28)13-9-17(27)24-20-18(13)21(29)26-22(25-20)32-10-11-5-3-4-6-14(11)23/h3-8,13,28H,9-10H2,1-2H3,(H2,24,25,26,27,29)/t13-/m0/s1. The fraction of sp³-hybridized carbons (Fsp3) is 0.227. The third kappa shape index (κ3) is 4.26. The van der Waals surface area contributed by atoms with Crippen LogP contribution in [-0.4, -0.2) is 35.2 Å². The summed E-state index contributed by atoms with van der Waals surface area (Å²) >= 11 is 7.51. The highest BCUT2D eigenvalue weighted by Gasteiger charge is 2.32. The highest BCUT2D eigenvalue weighted by Crippen LogP contribution is 2.43. The fourth-order valence-corrected chi connectivity index (χ4v) is 4.73. The molecule has 1 amide bonds. The van der Waals surface area contributed by atoms with E-state index in [0.717, 1.165) is 5.56 Å². The van der Waals surface area contributed by atoms with Crippen molar-refractivity contribution in [3.05, 3.63) is 68.5 Å². The number of nitrogens with one attached hydrogen (secondary N) is 2. The number of thioether (sulfide) groups is 1. The largest absolute Gasteiger partial charge is 0.502 e. The molecule has 0 fully saturated rings. The van der Waals surface area contributed by atoms with Crippen molar-refractivity contribution < 1.29 is 19.4 Å². The molecule has 3 N–H and O–H groups in total. The van der Waals surface area contributed by atoms with E-state index in [1.165, 1.54) is 26.0 Å². The number of aromatic hydroxyl groups is 1. The molecule has 0 unspecified atom stereocenters. The van der Waals surface area contributed by atoms with Crippen molar-refractivity contribution in [2.24, 2.45) is 0 Å². The van der Waals surface area contributed by atoms with Crippen LogP contribution in [0.25, 0.3) is 0 Å². The van der Waals surface area contributed by atoms with E-state index < -0.39 is 5.92 Å². The molecular weight excluding hydrogens is 454 g/mol. The minimum absolute atomic E-state index is 0.0426. The Hall–Kier alpha value is -3.17. The van der Waals surface area contributed by atoms with E-state index in [9.17, 15) is 14.7 Å². The van der Waals surface area contributed by atoms with Crippen molar-refractivity contribution >= 4 is 35.1 Å². The molecule has 0 aliphatic carbocycles. The maximum Gasteiger partial charge on any atom is 0.257 e. The summed E-state index contributed by atoms with van der Waals surface area (Å²) in [6.45, 7) is 0. The first-order valence-electron chi connectivity index (χ1n) is 9.66.